The minimum Gasteiger partial charge on any atom is -0.106 e. The SMILES string of the molecule is C.C.C/C=C\c1c(C)ccc2ccccc12.C=C. The molecular formula is C18H26. The van der Waals surface area contributed by atoms with Gasteiger partial charge in [-0.25, -0.2) is 0 Å². The molecule has 98 valence electrons. The van der Waals surface area contributed by atoms with Crippen LogP contribution in [0.15, 0.2) is 55.6 Å². The highest BCUT2D eigenvalue weighted by atomic mass is 14.0. The second kappa shape index (κ2) is 9.23. The van der Waals surface area contributed by atoms with Crippen molar-refractivity contribution in [1.82, 2.24) is 0 Å². The maximum atomic E-state index is 3.00. The lowest BCUT2D eigenvalue weighted by Gasteiger charge is -2.05. The van der Waals surface area contributed by atoms with Crippen molar-refractivity contribution in [2.24, 2.45) is 0 Å². The van der Waals surface area contributed by atoms with E-state index in [0.29, 0.717) is 0 Å². The molecule has 0 bridgehead atoms. The third-order valence-corrected chi connectivity index (χ3v) is 2.52. The zero-order valence-electron chi connectivity index (χ0n) is 10.0. The smallest absolute Gasteiger partial charge is 0.0109 e. The Morgan fingerprint density at radius 3 is 2.17 bits per heavy atom. The summed E-state index contributed by atoms with van der Waals surface area (Å²) in [6.45, 7) is 10.2. The summed E-state index contributed by atoms with van der Waals surface area (Å²) in [5.41, 5.74) is 2.67. The molecule has 0 atom stereocenters. The second-order valence-corrected chi connectivity index (χ2v) is 3.52. The summed E-state index contributed by atoms with van der Waals surface area (Å²) >= 11 is 0. The first-order valence-corrected chi connectivity index (χ1v) is 5.44. The molecule has 0 aliphatic rings. The van der Waals surface area contributed by atoms with Crippen molar-refractivity contribution in [3.63, 3.8) is 0 Å². The number of benzene rings is 2. The Kier molecular flexibility index (Phi) is 9.51. The fourth-order valence-electron chi connectivity index (χ4n) is 1.79. The van der Waals surface area contributed by atoms with E-state index in [2.05, 4.69) is 75.6 Å². The highest BCUT2D eigenvalue weighted by molar-refractivity contribution is 5.91. The standard InChI is InChI=1S/C14H14.C2H4.2CH4/c1-3-6-13-11(2)9-10-12-7-4-5-8-14(12)13;1-2;;/h3-10H,1-2H3;1-2H2;2*1H4/b6-3-;;;. The molecule has 18 heavy (non-hydrogen) atoms. The van der Waals surface area contributed by atoms with Gasteiger partial charge in [0.1, 0.15) is 0 Å². The zero-order chi connectivity index (χ0) is 12.0. The molecule has 0 saturated heterocycles. The van der Waals surface area contributed by atoms with Gasteiger partial charge >= 0.3 is 0 Å². The third kappa shape index (κ3) is 3.89. The number of rotatable bonds is 1. The van der Waals surface area contributed by atoms with E-state index in [1.165, 1.54) is 21.9 Å². The lowest BCUT2D eigenvalue weighted by Crippen LogP contribution is -1.83. The van der Waals surface area contributed by atoms with Gasteiger partial charge in [0.15, 0.2) is 0 Å². The first-order chi connectivity index (χ1) is 7.83. The summed E-state index contributed by atoms with van der Waals surface area (Å²) in [4.78, 5) is 0. The Hall–Kier alpha value is -1.82. The lowest BCUT2D eigenvalue weighted by molar-refractivity contribution is 1.47. The molecule has 0 radical (unpaired) electrons. The van der Waals surface area contributed by atoms with Crippen LogP contribution in [0.25, 0.3) is 16.8 Å². The molecule has 0 aromatic heterocycles. The van der Waals surface area contributed by atoms with Gasteiger partial charge < -0.3 is 0 Å². The Bertz CT molecular complexity index is 492. The van der Waals surface area contributed by atoms with E-state index in [0.717, 1.165) is 0 Å². The van der Waals surface area contributed by atoms with Gasteiger partial charge in [-0.3, -0.25) is 0 Å². The summed E-state index contributed by atoms with van der Waals surface area (Å²) in [6, 6.07) is 12.9. The van der Waals surface area contributed by atoms with Gasteiger partial charge in [0.25, 0.3) is 0 Å². The average molecular weight is 242 g/mol. The Labute approximate surface area is 113 Å². The van der Waals surface area contributed by atoms with Crippen LogP contribution in [-0.2, 0) is 0 Å². The van der Waals surface area contributed by atoms with E-state index in [1.54, 1.807) is 0 Å². The van der Waals surface area contributed by atoms with E-state index >= 15 is 0 Å². The molecule has 0 heteroatoms. The average Bonchev–Trinajstić information content (AvgIpc) is 2.35. The molecule has 0 spiro atoms. The normalized spacial score (nSPS) is 9.00. The largest absolute Gasteiger partial charge is 0.106 e. The highest BCUT2D eigenvalue weighted by Crippen LogP contribution is 2.23. The van der Waals surface area contributed by atoms with Crippen molar-refractivity contribution >= 4 is 16.8 Å². The van der Waals surface area contributed by atoms with E-state index in [4.69, 9.17) is 0 Å². The Balaban J connectivity index is 0. The second-order valence-electron chi connectivity index (χ2n) is 3.52. The van der Waals surface area contributed by atoms with E-state index in [1.807, 2.05) is 0 Å². The zero-order valence-corrected chi connectivity index (χ0v) is 10.0. The van der Waals surface area contributed by atoms with E-state index in [-0.39, 0.29) is 14.9 Å². The molecule has 0 aliphatic heterocycles. The maximum absolute atomic E-state index is 3.00. The van der Waals surface area contributed by atoms with Gasteiger partial charge in [0.05, 0.1) is 0 Å². The van der Waals surface area contributed by atoms with Gasteiger partial charge in [0.2, 0.25) is 0 Å². The molecule has 0 unspecified atom stereocenters. The van der Waals surface area contributed by atoms with Crippen LogP contribution in [0.5, 0.6) is 0 Å². The van der Waals surface area contributed by atoms with Crippen LogP contribution in [0.3, 0.4) is 0 Å². The van der Waals surface area contributed by atoms with Crippen molar-refractivity contribution in [3.8, 4) is 0 Å². The lowest BCUT2D eigenvalue weighted by atomic mass is 9.99. The number of hydrogen-bond donors (Lipinski definition) is 0. The summed E-state index contributed by atoms with van der Waals surface area (Å²) < 4.78 is 0. The van der Waals surface area contributed by atoms with Crippen LogP contribution >= 0.6 is 0 Å². The van der Waals surface area contributed by atoms with Crippen molar-refractivity contribution < 1.29 is 0 Å². The predicted molar refractivity (Wildman–Crippen MR) is 88.1 cm³/mol. The number of fused-ring (bicyclic) bond motifs is 1. The molecule has 0 N–H and O–H groups in total. The number of aryl methyl sites for hydroxylation is 1. The molecular weight excluding hydrogens is 216 g/mol. The molecule has 0 aliphatic carbocycles. The molecule has 2 rings (SSSR count). The minimum absolute atomic E-state index is 0. The van der Waals surface area contributed by atoms with Gasteiger partial charge in [-0.15, -0.1) is 13.2 Å². The van der Waals surface area contributed by atoms with Gasteiger partial charge in [-0.1, -0.05) is 63.4 Å². The predicted octanol–water partition coefficient (Wildman–Crippen LogP) is 6.26. The number of allylic oxidation sites excluding steroid dienone is 1. The molecule has 0 nitrogen and oxygen atoms in total. The fraction of sp³-hybridized carbons (Fsp3) is 0.222. The van der Waals surface area contributed by atoms with Crippen molar-refractivity contribution in [1.29, 1.82) is 0 Å². The molecule has 0 fully saturated rings. The monoisotopic (exact) mass is 242 g/mol. The maximum Gasteiger partial charge on any atom is -0.0109 e. The number of hydrogen-bond acceptors (Lipinski definition) is 0. The molecule has 2 aromatic rings. The van der Waals surface area contributed by atoms with Gasteiger partial charge in [0, 0.05) is 0 Å². The fourth-order valence-corrected chi connectivity index (χ4v) is 1.79. The molecule has 0 heterocycles. The summed E-state index contributed by atoms with van der Waals surface area (Å²) in [5.74, 6) is 0. The van der Waals surface area contributed by atoms with E-state index in [9.17, 15) is 0 Å². The van der Waals surface area contributed by atoms with Gasteiger partial charge in [-0.05, 0) is 35.7 Å². The van der Waals surface area contributed by atoms with Crippen LogP contribution < -0.4 is 0 Å². The summed E-state index contributed by atoms with van der Waals surface area (Å²) in [6.07, 6.45) is 4.27. The minimum atomic E-state index is 0. The first kappa shape index (κ1) is 18.5. The van der Waals surface area contributed by atoms with Crippen LogP contribution in [0.1, 0.15) is 32.9 Å². The first-order valence-electron chi connectivity index (χ1n) is 5.44. The molecule has 0 saturated carbocycles. The topological polar surface area (TPSA) is 0 Å². The van der Waals surface area contributed by atoms with Crippen molar-refractivity contribution in [2.75, 3.05) is 0 Å². The van der Waals surface area contributed by atoms with Gasteiger partial charge in [-0.2, -0.15) is 0 Å². The van der Waals surface area contributed by atoms with Crippen LogP contribution in [0, 0.1) is 6.92 Å². The van der Waals surface area contributed by atoms with E-state index < -0.39 is 0 Å². The molecule has 2 aromatic carbocycles. The van der Waals surface area contributed by atoms with Crippen LogP contribution in [0.4, 0.5) is 0 Å². The molecule has 0 amide bonds. The quantitative estimate of drug-likeness (QED) is 0.518. The summed E-state index contributed by atoms with van der Waals surface area (Å²) in [7, 11) is 0. The van der Waals surface area contributed by atoms with Crippen LogP contribution in [0.2, 0.25) is 0 Å². The highest BCUT2D eigenvalue weighted by Gasteiger charge is 1.99. The third-order valence-electron chi connectivity index (χ3n) is 2.52. The summed E-state index contributed by atoms with van der Waals surface area (Å²) in [5, 5.41) is 2.65. The Morgan fingerprint density at radius 2 is 1.56 bits per heavy atom. The van der Waals surface area contributed by atoms with Crippen LogP contribution in [-0.4, -0.2) is 0 Å². The van der Waals surface area contributed by atoms with Crippen molar-refractivity contribution in [2.45, 2.75) is 28.7 Å². The Morgan fingerprint density at radius 1 is 0.944 bits per heavy atom. The van der Waals surface area contributed by atoms with Crippen molar-refractivity contribution in [3.05, 3.63) is 66.8 Å².